The summed E-state index contributed by atoms with van der Waals surface area (Å²) in [4.78, 5) is 27.7. The molecule has 2 N–H and O–H groups in total. The molecule has 0 aromatic heterocycles. The fourth-order valence-electron chi connectivity index (χ4n) is 2.15. The van der Waals surface area contributed by atoms with Crippen LogP contribution in [-0.4, -0.2) is 17.0 Å². The maximum absolute atomic E-state index is 13.7. The van der Waals surface area contributed by atoms with Gasteiger partial charge in [-0.05, 0) is 48.2 Å². The molecule has 2 aromatic rings. The summed E-state index contributed by atoms with van der Waals surface area (Å²) in [5.74, 6) is -0.857. The van der Waals surface area contributed by atoms with E-state index in [1.54, 1.807) is 42.5 Å². The fraction of sp³-hybridized carbons (Fsp3) is 0.0556. The van der Waals surface area contributed by atoms with Gasteiger partial charge in [0.1, 0.15) is 5.82 Å². The summed E-state index contributed by atoms with van der Waals surface area (Å²) in [7, 11) is 0. The molecule has 3 rings (SSSR count). The van der Waals surface area contributed by atoms with Crippen LogP contribution in [0.3, 0.4) is 0 Å². The molecule has 1 aliphatic rings. The second-order valence-corrected chi connectivity index (χ2v) is 6.26. The van der Waals surface area contributed by atoms with Gasteiger partial charge in [-0.2, -0.15) is 0 Å². The topological polar surface area (TPSA) is 70.6 Å². The number of rotatable bonds is 3. The zero-order valence-corrected chi connectivity index (χ0v) is 14.1. The molecule has 0 aliphatic carbocycles. The number of anilines is 1. The number of amidine groups is 1. The average molecular weight is 355 g/mol. The largest absolute Gasteiger partial charge is 0.326 e. The van der Waals surface area contributed by atoms with E-state index in [-0.39, 0.29) is 17.6 Å². The molecule has 0 unspecified atom stereocenters. The number of carbonyl (C=O) groups excluding carboxylic acids is 2. The highest BCUT2D eigenvalue weighted by atomic mass is 32.2. The van der Waals surface area contributed by atoms with Crippen LogP contribution in [-0.2, 0) is 9.59 Å². The quantitative estimate of drug-likeness (QED) is 0.825. The van der Waals surface area contributed by atoms with E-state index in [4.69, 9.17) is 0 Å². The van der Waals surface area contributed by atoms with Crippen molar-refractivity contribution in [2.75, 3.05) is 5.32 Å². The Morgan fingerprint density at radius 1 is 1.20 bits per heavy atom. The van der Waals surface area contributed by atoms with Crippen molar-refractivity contribution < 1.29 is 14.0 Å². The van der Waals surface area contributed by atoms with E-state index >= 15 is 0 Å². The number of hydrogen-bond acceptors (Lipinski definition) is 4. The van der Waals surface area contributed by atoms with Gasteiger partial charge in [-0.25, -0.2) is 9.38 Å². The summed E-state index contributed by atoms with van der Waals surface area (Å²) in [5, 5.41) is 5.73. The van der Waals surface area contributed by atoms with Gasteiger partial charge in [0, 0.05) is 18.2 Å². The monoisotopic (exact) mass is 355 g/mol. The molecule has 7 heteroatoms. The first kappa shape index (κ1) is 16.9. The molecule has 5 nitrogen and oxygen atoms in total. The highest BCUT2D eigenvalue weighted by Crippen LogP contribution is 2.28. The van der Waals surface area contributed by atoms with Gasteiger partial charge in [-0.1, -0.05) is 18.2 Å². The Morgan fingerprint density at radius 3 is 2.60 bits per heavy atom. The van der Waals surface area contributed by atoms with Crippen molar-refractivity contribution in [1.29, 1.82) is 0 Å². The molecule has 1 aliphatic heterocycles. The Kier molecular flexibility index (Phi) is 4.95. The van der Waals surface area contributed by atoms with E-state index in [9.17, 15) is 14.0 Å². The minimum Gasteiger partial charge on any atom is -0.326 e. The van der Waals surface area contributed by atoms with E-state index in [0.717, 1.165) is 11.8 Å². The van der Waals surface area contributed by atoms with E-state index in [1.165, 1.54) is 19.1 Å². The number of aliphatic imine (C=N–C) groups is 1. The highest BCUT2D eigenvalue weighted by molar-refractivity contribution is 8.18. The maximum atomic E-state index is 13.7. The van der Waals surface area contributed by atoms with E-state index < -0.39 is 0 Å². The third kappa shape index (κ3) is 4.33. The molecule has 1 heterocycles. The SMILES string of the molecule is CC(=O)Nc1ccc(N=C2NC(=O)C(=Cc3ccccc3F)S2)cc1. The van der Waals surface area contributed by atoms with Crippen molar-refractivity contribution in [3.05, 3.63) is 64.8 Å². The molecular weight excluding hydrogens is 341 g/mol. The van der Waals surface area contributed by atoms with Gasteiger partial charge in [-0.15, -0.1) is 0 Å². The minimum absolute atomic E-state index is 0.152. The first-order chi connectivity index (χ1) is 12.0. The van der Waals surface area contributed by atoms with Crippen molar-refractivity contribution in [3.8, 4) is 0 Å². The summed E-state index contributed by atoms with van der Waals surface area (Å²) in [6.45, 7) is 1.43. The normalized spacial score (nSPS) is 17.0. The Balaban J connectivity index is 1.77. The van der Waals surface area contributed by atoms with Crippen molar-refractivity contribution in [2.24, 2.45) is 4.99 Å². The first-order valence-electron chi connectivity index (χ1n) is 7.43. The molecule has 126 valence electrons. The van der Waals surface area contributed by atoms with Crippen LogP contribution in [0.15, 0.2) is 58.4 Å². The lowest BCUT2D eigenvalue weighted by atomic mass is 10.2. The molecule has 2 amide bonds. The third-order valence-corrected chi connectivity index (χ3v) is 4.17. The lowest BCUT2D eigenvalue weighted by Gasteiger charge is -2.02. The summed E-state index contributed by atoms with van der Waals surface area (Å²) in [6, 6.07) is 13.1. The number of nitrogens with zero attached hydrogens (tertiary/aromatic N) is 1. The van der Waals surface area contributed by atoms with Crippen LogP contribution in [0, 0.1) is 5.82 Å². The summed E-state index contributed by atoms with van der Waals surface area (Å²) >= 11 is 1.15. The molecule has 0 radical (unpaired) electrons. The van der Waals surface area contributed by atoms with E-state index in [2.05, 4.69) is 15.6 Å². The Bertz CT molecular complexity index is 891. The van der Waals surface area contributed by atoms with Gasteiger partial charge in [0.05, 0.1) is 10.6 Å². The van der Waals surface area contributed by atoms with Gasteiger partial charge in [0.2, 0.25) is 5.91 Å². The predicted octanol–water partition coefficient (Wildman–Crippen LogP) is 3.68. The summed E-state index contributed by atoms with van der Waals surface area (Å²) in [6.07, 6.45) is 1.50. The van der Waals surface area contributed by atoms with Crippen LogP contribution >= 0.6 is 11.8 Å². The average Bonchev–Trinajstić information content (AvgIpc) is 2.90. The molecule has 2 aromatic carbocycles. The molecule has 0 saturated carbocycles. The molecule has 0 atom stereocenters. The van der Waals surface area contributed by atoms with E-state index in [1.807, 2.05) is 0 Å². The van der Waals surface area contributed by atoms with Crippen molar-refractivity contribution in [3.63, 3.8) is 0 Å². The zero-order chi connectivity index (χ0) is 17.8. The predicted molar refractivity (Wildman–Crippen MR) is 98.0 cm³/mol. The Labute approximate surface area is 148 Å². The molecule has 1 saturated heterocycles. The van der Waals surface area contributed by atoms with Crippen LogP contribution in [0.4, 0.5) is 15.8 Å². The van der Waals surface area contributed by atoms with Gasteiger partial charge in [0.25, 0.3) is 5.91 Å². The molecule has 0 bridgehead atoms. The molecule has 0 spiro atoms. The standard InChI is InChI=1S/C18H14FN3O2S/c1-11(23)20-13-6-8-14(9-7-13)21-18-22-17(24)16(25-18)10-12-4-2-3-5-15(12)19/h2-10H,1H3,(H,20,23)(H,21,22,24). The van der Waals surface area contributed by atoms with Crippen LogP contribution in [0.2, 0.25) is 0 Å². The van der Waals surface area contributed by atoms with Gasteiger partial charge in [-0.3, -0.25) is 9.59 Å². The molecule has 25 heavy (non-hydrogen) atoms. The van der Waals surface area contributed by atoms with Crippen LogP contribution < -0.4 is 10.6 Å². The number of halogens is 1. The van der Waals surface area contributed by atoms with E-state index in [0.29, 0.717) is 27.0 Å². The van der Waals surface area contributed by atoms with Crippen LogP contribution in [0.1, 0.15) is 12.5 Å². The van der Waals surface area contributed by atoms with Crippen molar-refractivity contribution >= 4 is 46.2 Å². The number of nitrogens with one attached hydrogen (secondary N) is 2. The second-order valence-electron chi connectivity index (χ2n) is 5.23. The van der Waals surface area contributed by atoms with Crippen LogP contribution in [0.5, 0.6) is 0 Å². The number of carbonyl (C=O) groups is 2. The highest BCUT2D eigenvalue weighted by Gasteiger charge is 2.24. The Hall–Kier alpha value is -2.93. The van der Waals surface area contributed by atoms with Crippen LogP contribution in [0.25, 0.3) is 6.08 Å². The van der Waals surface area contributed by atoms with Crippen molar-refractivity contribution in [2.45, 2.75) is 6.92 Å². The summed E-state index contributed by atoms with van der Waals surface area (Å²) in [5.41, 5.74) is 1.64. The smallest absolute Gasteiger partial charge is 0.264 e. The first-order valence-corrected chi connectivity index (χ1v) is 8.25. The number of thioether (sulfide) groups is 1. The van der Waals surface area contributed by atoms with Gasteiger partial charge in [0.15, 0.2) is 5.17 Å². The number of amides is 2. The maximum Gasteiger partial charge on any atom is 0.264 e. The molecule has 1 fully saturated rings. The minimum atomic E-state index is -0.387. The Morgan fingerprint density at radius 2 is 1.92 bits per heavy atom. The van der Waals surface area contributed by atoms with Gasteiger partial charge < -0.3 is 10.6 Å². The third-order valence-electron chi connectivity index (χ3n) is 3.26. The lowest BCUT2D eigenvalue weighted by Crippen LogP contribution is -2.19. The van der Waals surface area contributed by atoms with Gasteiger partial charge >= 0.3 is 0 Å². The van der Waals surface area contributed by atoms with Crippen molar-refractivity contribution in [1.82, 2.24) is 5.32 Å². The number of benzene rings is 2. The zero-order valence-electron chi connectivity index (χ0n) is 13.2. The second kappa shape index (κ2) is 7.31. The number of hydrogen-bond donors (Lipinski definition) is 2. The fourth-order valence-corrected chi connectivity index (χ4v) is 2.99. The molecular formula is C18H14FN3O2S. The summed E-state index contributed by atoms with van der Waals surface area (Å²) < 4.78 is 13.7. The lowest BCUT2D eigenvalue weighted by molar-refractivity contribution is -0.115.